The third-order valence-corrected chi connectivity index (χ3v) is 4.27. The fourth-order valence-corrected chi connectivity index (χ4v) is 2.92. The first kappa shape index (κ1) is 14.0. The fraction of sp³-hybridized carbons (Fsp3) is 0. The number of thiazole rings is 1. The molecule has 2 heterocycles. The molecule has 0 unspecified atom stereocenters. The van der Waals surface area contributed by atoms with Gasteiger partial charge in [0.05, 0.1) is 10.0 Å². The van der Waals surface area contributed by atoms with Gasteiger partial charge >= 0.3 is 5.97 Å². The largest absolute Gasteiger partial charge is 0.478 e. The zero-order chi connectivity index (χ0) is 15.0. The Hall–Kier alpha value is -1.99. The van der Waals surface area contributed by atoms with E-state index < -0.39 is 5.97 Å². The lowest BCUT2D eigenvalue weighted by atomic mass is 10.2. The molecule has 1 aromatic carbocycles. The number of carboxylic acid groups (broad SMARTS) is 1. The van der Waals surface area contributed by atoms with Gasteiger partial charge in [0, 0.05) is 17.0 Å². The molecule has 21 heavy (non-hydrogen) atoms. The van der Waals surface area contributed by atoms with Crippen LogP contribution in [0.2, 0.25) is 0 Å². The molecule has 0 saturated heterocycles. The average Bonchev–Trinajstić information content (AvgIpc) is 3.09. The maximum atomic E-state index is 13.2. The highest BCUT2D eigenvalue weighted by molar-refractivity contribution is 9.10. The molecule has 0 fully saturated rings. The summed E-state index contributed by atoms with van der Waals surface area (Å²) < 4.78 is 18.8. The van der Waals surface area contributed by atoms with Gasteiger partial charge in [-0.1, -0.05) is 0 Å². The molecule has 0 aliphatic heterocycles. The lowest BCUT2D eigenvalue weighted by Gasteiger charge is -1.98. The van der Waals surface area contributed by atoms with E-state index in [0.29, 0.717) is 20.9 Å². The summed E-state index contributed by atoms with van der Waals surface area (Å²) in [7, 11) is 0. The molecule has 0 bridgehead atoms. The second-order valence-electron chi connectivity index (χ2n) is 4.17. The lowest BCUT2D eigenvalue weighted by Crippen LogP contribution is -1.91. The summed E-state index contributed by atoms with van der Waals surface area (Å²) in [6.45, 7) is 0. The molecule has 0 aliphatic carbocycles. The van der Waals surface area contributed by atoms with Crippen LogP contribution in [-0.2, 0) is 0 Å². The number of carboxylic acids is 1. The van der Waals surface area contributed by atoms with Gasteiger partial charge < -0.3 is 9.52 Å². The van der Waals surface area contributed by atoms with Crippen molar-refractivity contribution >= 4 is 33.2 Å². The minimum Gasteiger partial charge on any atom is -0.478 e. The number of carbonyl (C=O) groups is 1. The maximum absolute atomic E-state index is 13.2. The van der Waals surface area contributed by atoms with Crippen LogP contribution in [0.5, 0.6) is 0 Å². The highest BCUT2D eigenvalue weighted by atomic mass is 79.9. The van der Waals surface area contributed by atoms with Crippen LogP contribution in [0.1, 0.15) is 10.4 Å². The Morgan fingerprint density at radius 2 is 2.19 bits per heavy atom. The van der Waals surface area contributed by atoms with Crippen molar-refractivity contribution in [2.45, 2.75) is 0 Å². The molecule has 106 valence electrons. The van der Waals surface area contributed by atoms with E-state index in [1.807, 2.05) is 0 Å². The van der Waals surface area contributed by atoms with E-state index in [4.69, 9.17) is 9.52 Å². The van der Waals surface area contributed by atoms with Crippen LogP contribution >= 0.6 is 27.3 Å². The molecule has 0 spiro atoms. The Balaban J connectivity index is 1.95. The van der Waals surface area contributed by atoms with Gasteiger partial charge in [-0.25, -0.2) is 14.2 Å². The third kappa shape index (κ3) is 2.74. The molecule has 2 aromatic heterocycles. The van der Waals surface area contributed by atoms with Gasteiger partial charge in [0.2, 0.25) is 0 Å². The zero-order valence-corrected chi connectivity index (χ0v) is 12.7. The Kier molecular flexibility index (Phi) is 3.60. The number of aromatic nitrogens is 1. The van der Waals surface area contributed by atoms with Gasteiger partial charge in [0.25, 0.3) is 0 Å². The first-order valence-corrected chi connectivity index (χ1v) is 7.45. The van der Waals surface area contributed by atoms with Crippen LogP contribution < -0.4 is 0 Å². The van der Waals surface area contributed by atoms with Crippen molar-refractivity contribution in [2.75, 3.05) is 0 Å². The van der Waals surface area contributed by atoms with Gasteiger partial charge in [-0.15, -0.1) is 11.3 Å². The highest BCUT2D eigenvalue weighted by Gasteiger charge is 2.14. The van der Waals surface area contributed by atoms with E-state index in [0.717, 1.165) is 5.56 Å². The van der Waals surface area contributed by atoms with Crippen molar-refractivity contribution in [1.29, 1.82) is 0 Å². The third-order valence-electron chi connectivity index (χ3n) is 2.77. The quantitative estimate of drug-likeness (QED) is 0.730. The zero-order valence-electron chi connectivity index (χ0n) is 10.3. The smallest absolute Gasteiger partial charge is 0.338 e. The monoisotopic (exact) mass is 367 g/mol. The van der Waals surface area contributed by atoms with Gasteiger partial charge in [0.15, 0.2) is 5.76 Å². The minimum absolute atomic E-state index is 0.0732. The van der Waals surface area contributed by atoms with Gasteiger partial charge in [-0.05, 0) is 34.1 Å². The number of hydrogen-bond acceptors (Lipinski definition) is 4. The summed E-state index contributed by atoms with van der Waals surface area (Å²) in [5.74, 6) is -1.01. The molecule has 0 saturated carbocycles. The minimum atomic E-state index is -1.05. The lowest BCUT2D eigenvalue weighted by molar-refractivity contribution is 0.0696. The van der Waals surface area contributed by atoms with E-state index >= 15 is 0 Å². The Morgan fingerprint density at radius 3 is 2.86 bits per heavy atom. The molecule has 7 heteroatoms. The van der Waals surface area contributed by atoms with Crippen molar-refractivity contribution in [1.82, 2.24) is 4.98 Å². The number of hydrogen-bond donors (Lipinski definition) is 1. The number of benzene rings is 1. The van der Waals surface area contributed by atoms with Crippen molar-refractivity contribution in [3.8, 4) is 22.0 Å². The number of rotatable bonds is 3. The van der Waals surface area contributed by atoms with Crippen LogP contribution in [-0.4, -0.2) is 16.1 Å². The SMILES string of the molecule is O=C(O)c1coc(-c2csc(-c3ccc(F)c(Br)c3)n2)c1. The molecule has 0 aliphatic rings. The summed E-state index contributed by atoms with van der Waals surface area (Å²) in [4.78, 5) is 15.2. The first-order chi connectivity index (χ1) is 10.0. The van der Waals surface area contributed by atoms with E-state index in [1.54, 1.807) is 17.5 Å². The van der Waals surface area contributed by atoms with Crippen molar-refractivity contribution < 1.29 is 18.7 Å². The topological polar surface area (TPSA) is 63.3 Å². The summed E-state index contributed by atoms with van der Waals surface area (Å²) in [5.41, 5.74) is 1.39. The highest BCUT2D eigenvalue weighted by Crippen LogP contribution is 2.31. The predicted molar refractivity (Wildman–Crippen MR) is 79.9 cm³/mol. The second kappa shape index (κ2) is 5.42. The summed E-state index contributed by atoms with van der Waals surface area (Å²) >= 11 is 4.50. The summed E-state index contributed by atoms with van der Waals surface area (Å²) in [6, 6.07) is 6.05. The van der Waals surface area contributed by atoms with Crippen LogP contribution in [0.3, 0.4) is 0 Å². The normalized spacial score (nSPS) is 10.8. The molecular weight excluding hydrogens is 361 g/mol. The number of aromatic carboxylic acids is 1. The van der Waals surface area contributed by atoms with Crippen LogP contribution in [0.25, 0.3) is 22.0 Å². The molecule has 3 aromatic rings. The standard InChI is InChI=1S/C14H7BrFNO3S/c15-9-3-7(1-2-10(9)16)13-17-11(6-21-13)12-4-8(5-20-12)14(18)19/h1-6H,(H,18,19). The van der Waals surface area contributed by atoms with Crippen molar-refractivity contribution in [3.63, 3.8) is 0 Å². The van der Waals surface area contributed by atoms with Crippen LogP contribution in [0, 0.1) is 5.82 Å². The number of halogens is 2. The van der Waals surface area contributed by atoms with Crippen molar-refractivity contribution in [3.05, 3.63) is 51.8 Å². The first-order valence-electron chi connectivity index (χ1n) is 5.78. The van der Waals surface area contributed by atoms with Gasteiger partial charge in [-0.2, -0.15) is 0 Å². The van der Waals surface area contributed by atoms with Gasteiger partial charge in [-0.3, -0.25) is 0 Å². The van der Waals surface area contributed by atoms with Crippen molar-refractivity contribution in [2.24, 2.45) is 0 Å². The maximum Gasteiger partial charge on any atom is 0.338 e. The fourth-order valence-electron chi connectivity index (χ4n) is 1.73. The molecule has 4 nitrogen and oxygen atoms in total. The summed E-state index contributed by atoms with van der Waals surface area (Å²) in [6.07, 6.45) is 1.17. The Labute approximate surface area is 131 Å². The number of nitrogens with zero attached hydrogens (tertiary/aromatic N) is 1. The van der Waals surface area contributed by atoms with E-state index in [1.165, 1.54) is 29.7 Å². The molecule has 0 radical (unpaired) electrons. The predicted octanol–water partition coefficient (Wildman–Crippen LogP) is 4.67. The average molecular weight is 368 g/mol. The van der Waals surface area contributed by atoms with Crippen LogP contribution in [0.15, 0.2) is 44.8 Å². The molecule has 0 amide bonds. The Morgan fingerprint density at radius 1 is 1.38 bits per heavy atom. The molecular formula is C14H7BrFNO3S. The van der Waals surface area contributed by atoms with E-state index in [9.17, 15) is 9.18 Å². The van der Waals surface area contributed by atoms with E-state index in [-0.39, 0.29) is 11.4 Å². The second-order valence-corrected chi connectivity index (χ2v) is 5.88. The number of furan rings is 1. The summed E-state index contributed by atoms with van der Waals surface area (Å²) in [5, 5.41) is 11.3. The van der Waals surface area contributed by atoms with Crippen LogP contribution in [0.4, 0.5) is 4.39 Å². The molecule has 3 rings (SSSR count). The molecule has 1 N–H and O–H groups in total. The molecule has 0 atom stereocenters. The van der Waals surface area contributed by atoms with Gasteiger partial charge in [0.1, 0.15) is 22.8 Å². The van der Waals surface area contributed by atoms with E-state index in [2.05, 4.69) is 20.9 Å². The Bertz CT molecular complexity index is 827.